The van der Waals surface area contributed by atoms with Crippen molar-refractivity contribution in [3.63, 3.8) is 0 Å². The second-order valence-electron chi connectivity index (χ2n) is 8.04. The summed E-state index contributed by atoms with van der Waals surface area (Å²) in [4.78, 5) is 18.1. The van der Waals surface area contributed by atoms with Gasteiger partial charge in [-0.25, -0.2) is 0 Å². The zero-order valence-corrected chi connectivity index (χ0v) is 19.4. The minimum absolute atomic E-state index is 0.00881. The molecule has 0 saturated heterocycles. The van der Waals surface area contributed by atoms with E-state index in [1.165, 1.54) is 5.56 Å². The van der Waals surface area contributed by atoms with Crippen LogP contribution in [0.25, 0.3) is 0 Å². The number of nitrogens with zero attached hydrogens (tertiary/aromatic N) is 2. The van der Waals surface area contributed by atoms with Crippen molar-refractivity contribution in [3.8, 4) is 0 Å². The lowest BCUT2D eigenvalue weighted by Crippen LogP contribution is -2.49. The van der Waals surface area contributed by atoms with Gasteiger partial charge in [0.15, 0.2) is 0 Å². The molecule has 4 aromatic rings. The first-order chi connectivity index (χ1) is 15.6. The average Bonchev–Trinajstić information content (AvgIpc) is 2.83. The van der Waals surface area contributed by atoms with E-state index in [4.69, 9.17) is 0 Å². The molecule has 0 unspecified atom stereocenters. The quantitative estimate of drug-likeness (QED) is 0.309. The summed E-state index contributed by atoms with van der Waals surface area (Å²) in [6, 6.07) is 34.7. The van der Waals surface area contributed by atoms with Crippen LogP contribution in [0.5, 0.6) is 0 Å². The van der Waals surface area contributed by atoms with Crippen LogP contribution in [0.4, 0.5) is 11.4 Å². The van der Waals surface area contributed by atoms with E-state index < -0.39 is 0 Å². The van der Waals surface area contributed by atoms with Crippen LogP contribution in [0, 0.1) is 6.92 Å². The lowest BCUT2D eigenvalue weighted by Gasteiger charge is -2.46. The Morgan fingerprint density at radius 2 is 1.44 bits per heavy atom. The minimum Gasteiger partial charge on any atom is -0.342 e. The van der Waals surface area contributed by atoms with Crippen LogP contribution in [0.15, 0.2) is 108 Å². The van der Waals surface area contributed by atoms with Crippen molar-refractivity contribution in [2.75, 3.05) is 9.80 Å². The van der Waals surface area contributed by atoms with Crippen molar-refractivity contribution < 1.29 is 4.79 Å². The van der Waals surface area contributed by atoms with E-state index in [2.05, 4.69) is 70.2 Å². The molecule has 1 amide bonds. The molecule has 1 heterocycles. The SMILES string of the molecule is Cc1ccc(N2C(=O)c3ccccc3N(Cc3ccccc3)[C@@H]2c2ccccc2Br)cc1. The number of para-hydroxylation sites is 1. The molecule has 0 aromatic heterocycles. The lowest BCUT2D eigenvalue weighted by molar-refractivity contribution is 0.0968. The van der Waals surface area contributed by atoms with Gasteiger partial charge in [0.1, 0.15) is 6.17 Å². The number of aryl methyl sites for hydroxylation is 1. The van der Waals surface area contributed by atoms with Crippen LogP contribution in [0.3, 0.4) is 0 Å². The van der Waals surface area contributed by atoms with Crippen molar-refractivity contribution in [3.05, 3.63) is 130 Å². The highest BCUT2D eigenvalue weighted by atomic mass is 79.9. The highest BCUT2D eigenvalue weighted by Crippen LogP contribution is 2.43. The largest absolute Gasteiger partial charge is 0.342 e. The number of amides is 1. The number of rotatable bonds is 4. The number of carbonyl (C=O) groups is 1. The zero-order valence-electron chi connectivity index (χ0n) is 17.8. The standard InChI is InChI=1S/C28H23BrN2O/c1-20-15-17-22(18-16-20)31-27(23-11-5-7-13-25(23)29)30(19-21-9-3-2-4-10-21)26-14-8-6-12-24(26)28(31)32/h2-18,27H,19H2,1H3/t27-/m0/s1. The Labute approximate surface area is 197 Å². The molecule has 1 aliphatic rings. The smallest absolute Gasteiger partial charge is 0.262 e. The van der Waals surface area contributed by atoms with Crippen molar-refractivity contribution in [1.82, 2.24) is 0 Å². The zero-order chi connectivity index (χ0) is 22.1. The number of anilines is 2. The Bertz CT molecular complexity index is 1250. The maximum absolute atomic E-state index is 13.9. The molecule has 0 spiro atoms. The second-order valence-corrected chi connectivity index (χ2v) is 8.89. The van der Waals surface area contributed by atoms with Gasteiger partial charge in [-0.1, -0.05) is 94.3 Å². The van der Waals surface area contributed by atoms with Gasteiger partial charge in [0.2, 0.25) is 0 Å². The first-order valence-corrected chi connectivity index (χ1v) is 11.5. The second kappa shape index (κ2) is 8.64. The van der Waals surface area contributed by atoms with Crippen LogP contribution in [-0.2, 0) is 6.54 Å². The van der Waals surface area contributed by atoms with Gasteiger partial charge >= 0.3 is 0 Å². The third kappa shape index (κ3) is 3.71. The van der Waals surface area contributed by atoms with Crippen molar-refractivity contribution in [1.29, 1.82) is 0 Å². The van der Waals surface area contributed by atoms with Crippen LogP contribution < -0.4 is 9.80 Å². The molecule has 32 heavy (non-hydrogen) atoms. The molecule has 4 aromatic carbocycles. The topological polar surface area (TPSA) is 23.6 Å². The molecule has 0 N–H and O–H groups in total. The Morgan fingerprint density at radius 3 is 2.19 bits per heavy atom. The van der Waals surface area contributed by atoms with Gasteiger partial charge in [-0.2, -0.15) is 0 Å². The molecule has 1 atom stereocenters. The Balaban J connectivity index is 1.74. The summed E-state index contributed by atoms with van der Waals surface area (Å²) in [6.45, 7) is 2.74. The molecule has 0 radical (unpaired) electrons. The van der Waals surface area contributed by atoms with E-state index >= 15 is 0 Å². The molecule has 0 fully saturated rings. The Hall–Kier alpha value is -3.37. The van der Waals surface area contributed by atoms with E-state index in [9.17, 15) is 4.79 Å². The number of hydrogen-bond acceptors (Lipinski definition) is 2. The maximum atomic E-state index is 13.9. The van der Waals surface area contributed by atoms with Gasteiger partial charge in [0.05, 0.1) is 11.3 Å². The summed E-state index contributed by atoms with van der Waals surface area (Å²) in [7, 11) is 0. The monoisotopic (exact) mass is 482 g/mol. The summed E-state index contributed by atoms with van der Waals surface area (Å²) >= 11 is 3.75. The first-order valence-electron chi connectivity index (χ1n) is 10.7. The molecular weight excluding hydrogens is 460 g/mol. The Kier molecular flexibility index (Phi) is 5.54. The van der Waals surface area contributed by atoms with Crippen LogP contribution in [0.2, 0.25) is 0 Å². The molecule has 158 valence electrons. The van der Waals surface area contributed by atoms with Gasteiger partial charge in [0, 0.05) is 22.3 Å². The molecule has 0 saturated carbocycles. The summed E-state index contributed by atoms with van der Waals surface area (Å²) in [6.07, 6.45) is -0.295. The van der Waals surface area contributed by atoms with Crippen LogP contribution in [0.1, 0.15) is 33.2 Å². The fourth-order valence-electron chi connectivity index (χ4n) is 4.32. The molecule has 4 heteroatoms. The molecule has 0 aliphatic carbocycles. The third-order valence-corrected chi connectivity index (χ3v) is 6.62. The number of fused-ring (bicyclic) bond motifs is 1. The maximum Gasteiger partial charge on any atom is 0.262 e. The van der Waals surface area contributed by atoms with Crippen molar-refractivity contribution >= 4 is 33.2 Å². The summed E-state index contributed by atoms with van der Waals surface area (Å²) in [5.41, 5.74) is 5.95. The molecule has 3 nitrogen and oxygen atoms in total. The highest BCUT2D eigenvalue weighted by molar-refractivity contribution is 9.10. The average molecular weight is 483 g/mol. The number of carbonyl (C=O) groups excluding carboxylic acids is 1. The van der Waals surface area contributed by atoms with Gasteiger partial charge in [-0.05, 0) is 42.8 Å². The Morgan fingerprint density at radius 1 is 0.781 bits per heavy atom. The summed E-state index contributed by atoms with van der Waals surface area (Å²) < 4.78 is 0.979. The third-order valence-electron chi connectivity index (χ3n) is 5.89. The normalized spacial score (nSPS) is 15.6. The number of hydrogen-bond donors (Lipinski definition) is 0. The molecular formula is C28H23BrN2O. The fourth-order valence-corrected chi connectivity index (χ4v) is 4.81. The van der Waals surface area contributed by atoms with Gasteiger partial charge in [0.25, 0.3) is 5.91 Å². The van der Waals surface area contributed by atoms with Crippen molar-refractivity contribution in [2.24, 2.45) is 0 Å². The van der Waals surface area contributed by atoms with E-state index in [0.29, 0.717) is 12.1 Å². The van der Waals surface area contributed by atoms with Gasteiger partial charge in [-0.15, -0.1) is 0 Å². The van der Waals surface area contributed by atoms with Crippen LogP contribution >= 0.6 is 15.9 Å². The van der Waals surface area contributed by atoms with E-state index in [1.54, 1.807) is 0 Å². The lowest BCUT2D eigenvalue weighted by atomic mass is 9.99. The van der Waals surface area contributed by atoms with Gasteiger partial charge < -0.3 is 4.90 Å². The molecule has 0 bridgehead atoms. The van der Waals surface area contributed by atoms with Crippen LogP contribution in [-0.4, -0.2) is 5.91 Å². The molecule has 1 aliphatic heterocycles. The molecule has 5 rings (SSSR count). The summed E-state index contributed by atoms with van der Waals surface area (Å²) in [5.74, 6) is 0.00881. The number of halogens is 1. The summed E-state index contributed by atoms with van der Waals surface area (Å²) in [5, 5.41) is 0. The highest BCUT2D eigenvalue weighted by Gasteiger charge is 2.40. The van der Waals surface area contributed by atoms with E-state index in [-0.39, 0.29) is 12.1 Å². The minimum atomic E-state index is -0.295. The van der Waals surface area contributed by atoms with E-state index in [1.807, 2.05) is 65.6 Å². The van der Waals surface area contributed by atoms with Gasteiger partial charge in [-0.3, -0.25) is 9.69 Å². The first kappa shape index (κ1) is 20.5. The van der Waals surface area contributed by atoms with Crippen molar-refractivity contribution in [2.45, 2.75) is 19.6 Å². The fraction of sp³-hybridized carbons (Fsp3) is 0.107. The predicted octanol–water partition coefficient (Wildman–Crippen LogP) is 7.12. The van der Waals surface area contributed by atoms with E-state index in [0.717, 1.165) is 27.0 Å². The number of benzene rings is 4. The predicted molar refractivity (Wildman–Crippen MR) is 134 cm³/mol.